The summed E-state index contributed by atoms with van der Waals surface area (Å²) >= 11 is 0. The molecule has 1 rings (SSSR count). The van der Waals surface area contributed by atoms with Crippen molar-refractivity contribution < 1.29 is 9.47 Å². The Balaban J connectivity index is 2.41. The summed E-state index contributed by atoms with van der Waals surface area (Å²) in [4.78, 5) is 0. The SMILES string of the molecule is CC=C1OCCC(C)O1. The summed E-state index contributed by atoms with van der Waals surface area (Å²) in [5, 5.41) is 0. The van der Waals surface area contributed by atoms with Crippen molar-refractivity contribution in [1.82, 2.24) is 0 Å². The van der Waals surface area contributed by atoms with Crippen LogP contribution in [0.5, 0.6) is 0 Å². The van der Waals surface area contributed by atoms with E-state index in [2.05, 4.69) is 0 Å². The van der Waals surface area contributed by atoms with E-state index < -0.39 is 0 Å². The largest absolute Gasteiger partial charge is 0.466 e. The predicted molar refractivity (Wildman–Crippen MR) is 34.9 cm³/mol. The lowest BCUT2D eigenvalue weighted by atomic mass is 10.3. The first-order valence-electron chi connectivity index (χ1n) is 3.28. The van der Waals surface area contributed by atoms with Gasteiger partial charge in [-0.15, -0.1) is 0 Å². The molecule has 1 aliphatic rings. The first kappa shape index (κ1) is 6.46. The van der Waals surface area contributed by atoms with Crippen molar-refractivity contribution in [3.63, 3.8) is 0 Å². The molecule has 1 aliphatic heterocycles. The third-order valence-corrected chi connectivity index (χ3v) is 1.32. The zero-order valence-electron chi connectivity index (χ0n) is 5.89. The van der Waals surface area contributed by atoms with Crippen LogP contribution in [0.25, 0.3) is 0 Å². The van der Waals surface area contributed by atoms with Crippen molar-refractivity contribution in [2.24, 2.45) is 0 Å². The van der Waals surface area contributed by atoms with Gasteiger partial charge in [-0.3, -0.25) is 0 Å². The van der Waals surface area contributed by atoms with E-state index in [0.29, 0.717) is 12.0 Å². The molecule has 52 valence electrons. The molecule has 9 heavy (non-hydrogen) atoms. The van der Waals surface area contributed by atoms with Crippen LogP contribution in [0.3, 0.4) is 0 Å². The fourth-order valence-electron chi connectivity index (χ4n) is 0.768. The Kier molecular flexibility index (Phi) is 1.98. The van der Waals surface area contributed by atoms with E-state index in [9.17, 15) is 0 Å². The monoisotopic (exact) mass is 128 g/mol. The maximum absolute atomic E-state index is 5.27. The van der Waals surface area contributed by atoms with Crippen LogP contribution in [0.2, 0.25) is 0 Å². The van der Waals surface area contributed by atoms with Crippen LogP contribution in [0.1, 0.15) is 20.3 Å². The molecule has 0 bridgehead atoms. The first-order chi connectivity index (χ1) is 4.33. The first-order valence-corrected chi connectivity index (χ1v) is 3.28. The molecule has 0 aromatic heterocycles. The third kappa shape index (κ3) is 1.63. The highest BCUT2D eigenvalue weighted by Gasteiger charge is 2.12. The number of hydrogen-bond donors (Lipinski definition) is 0. The summed E-state index contributed by atoms with van der Waals surface area (Å²) in [6.07, 6.45) is 3.16. The van der Waals surface area contributed by atoms with Gasteiger partial charge in [0.2, 0.25) is 0 Å². The lowest BCUT2D eigenvalue weighted by molar-refractivity contribution is -0.0560. The molecule has 2 nitrogen and oxygen atoms in total. The minimum atomic E-state index is 0.324. The normalized spacial score (nSPS) is 31.3. The van der Waals surface area contributed by atoms with Crippen molar-refractivity contribution in [3.8, 4) is 0 Å². The average molecular weight is 128 g/mol. The molecule has 0 radical (unpaired) electrons. The van der Waals surface area contributed by atoms with Gasteiger partial charge < -0.3 is 9.47 Å². The quantitative estimate of drug-likeness (QED) is 0.494. The van der Waals surface area contributed by atoms with Gasteiger partial charge >= 0.3 is 0 Å². The number of hydrogen-bond acceptors (Lipinski definition) is 2. The topological polar surface area (TPSA) is 18.5 Å². The minimum absolute atomic E-state index is 0.324. The number of ether oxygens (including phenoxy) is 2. The number of rotatable bonds is 0. The molecule has 1 unspecified atom stereocenters. The van der Waals surface area contributed by atoms with Gasteiger partial charge in [0.05, 0.1) is 6.61 Å². The van der Waals surface area contributed by atoms with Crippen LogP contribution in [-0.2, 0) is 9.47 Å². The summed E-state index contributed by atoms with van der Waals surface area (Å²) in [6, 6.07) is 0. The lowest BCUT2D eigenvalue weighted by Gasteiger charge is -2.22. The molecule has 0 amide bonds. The molecule has 0 aromatic rings. The van der Waals surface area contributed by atoms with E-state index in [0.717, 1.165) is 13.0 Å². The zero-order chi connectivity index (χ0) is 6.69. The van der Waals surface area contributed by atoms with Crippen molar-refractivity contribution in [2.75, 3.05) is 6.61 Å². The van der Waals surface area contributed by atoms with Gasteiger partial charge in [-0.05, 0) is 19.9 Å². The van der Waals surface area contributed by atoms with E-state index in [1.165, 1.54) is 0 Å². The van der Waals surface area contributed by atoms with E-state index in [1.54, 1.807) is 0 Å². The van der Waals surface area contributed by atoms with Crippen molar-refractivity contribution in [1.29, 1.82) is 0 Å². The maximum atomic E-state index is 5.27. The third-order valence-electron chi connectivity index (χ3n) is 1.32. The summed E-state index contributed by atoms with van der Waals surface area (Å²) in [7, 11) is 0. The molecule has 1 saturated heterocycles. The summed E-state index contributed by atoms with van der Waals surface area (Å²) in [6.45, 7) is 4.75. The second-order valence-electron chi connectivity index (χ2n) is 2.17. The molecule has 0 aliphatic carbocycles. The zero-order valence-corrected chi connectivity index (χ0v) is 5.89. The Morgan fingerprint density at radius 3 is 2.89 bits per heavy atom. The Labute approximate surface area is 55.5 Å². The van der Waals surface area contributed by atoms with E-state index in [4.69, 9.17) is 9.47 Å². The molecule has 0 aromatic carbocycles. The fourth-order valence-corrected chi connectivity index (χ4v) is 0.768. The second kappa shape index (κ2) is 2.76. The molecule has 1 fully saturated rings. The molecular weight excluding hydrogens is 116 g/mol. The summed E-state index contributed by atoms with van der Waals surface area (Å²) in [5.74, 6) is 0.675. The van der Waals surface area contributed by atoms with E-state index >= 15 is 0 Å². The Morgan fingerprint density at radius 1 is 1.67 bits per heavy atom. The summed E-state index contributed by atoms with van der Waals surface area (Å²) in [5.41, 5.74) is 0. The fraction of sp³-hybridized carbons (Fsp3) is 0.714. The molecular formula is C7H12O2. The highest BCUT2D eigenvalue weighted by molar-refractivity contribution is 4.83. The summed E-state index contributed by atoms with van der Waals surface area (Å²) < 4.78 is 10.4. The Morgan fingerprint density at radius 2 is 2.44 bits per heavy atom. The molecule has 1 atom stereocenters. The van der Waals surface area contributed by atoms with Crippen LogP contribution >= 0.6 is 0 Å². The van der Waals surface area contributed by atoms with E-state index in [-0.39, 0.29) is 0 Å². The maximum Gasteiger partial charge on any atom is 0.274 e. The van der Waals surface area contributed by atoms with Gasteiger partial charge in [0.25, 0.3) is 5.95 Å². The van der Waals surface area contributed by atoms with Gasteiger partial charge in [0.1, 0.15) is 6.10 Å². The standard InChI is InChI=1S/C7H12O2/c1-3-7-8-5-4-6(2)9-7/h3,6H,4-5H2,1-2H3. The van der Waals surface area contributed by atoms with Gasteiger partial charge in [0, 0.05) is 6.42 Å². The second-order valence-corrected chi connectivity index (χ2v) is 2.17. The highest BCUT2D eigenvalue weighted by Crippen LogP contribution is 2.13. The van der Waals surface area contributed by atoms with Gasteiger partial charge in [-0.1, -0.05) is 0 Å². The van der Waals surface area contributed by atoms with Crippen LogP contribution in [-0.4, -0.2) is 12.7 Å². The van der Waals surface area contributed by atoms with Crippen molar-refractivity contribution >= 4 is 0 Å². The molecule has 2 heteroatoms. The van der Waals surface area contributed by atoms with Crippen molar-refractivity contribution in [3.05, 3.63) is 12.0 Å². The molecule has 0 saturated carbocycles. The van der Waals surface area contributed by atoms with Gasteiger partial charge in [-0.2, -0.15) is 0 Å². The van der Waals surface area contributed by atoms with Crippen LogP contribution < -0.4 is 0 Å². The minimum Gasteiger partial charge on any atom is -0.466 e. The predicted octanol–water partition coefficient (Wildman–Crippen LogP) is 1.67. The van der Waals surface area contributed by atoms with Crippen molar-refractivity contribution in [2.45, 2.75) is 26.4 Å². The Hall–Kier alpha value is -0.660. The Bertz CT molecular complexity index is 118. The van der Waals surface area contributed by atoms with Crippen LogP contribution in [0.4, 0.5) is 0 Å². The van der Waals surface area contributed by atoms with Crippen LogP contribution in [0.15, 0.2) is 12.0 Å². The molecule has 1 heterocycles. The number of allylic oxidation sites excluding steroid dienone is 1. The van der Waals surface area contributed by atoms with Gasteiger partial charge in [0.15, 0.2) is 0 Å². The van der Waals surface area contributed by atoms with Gasteiger partial charge in [-0.25, -0.2) is 0 Å². The van der Waals surface area contributed by atoms with E-state index in [1.807, 2.05) is 19.9 Å². The molecule has 0 N–H and O–H groups in total. The lowest BCUT2D eigenvalue weighted by Crippen LogP contribution is -2.18. The smallest absolute Gasteiger partial charge is 0.274 e. The average Bonchev–Trinajstić information content (AvgIpc) is 1.88. The highest BCUT2D eigenvalue weighted by atomic mass is 16.7. The van der Waals surface area contributed by atoms with Crippen LogP contribution in [0, 0.1) is 0 Å². The molecule has 0 spiro atoms.